The molecule has 2 aliphatic heterocycles. The van der Waals surface area contributed by atoms with E-state index < -0.39 is 8.80 Å². The summed E-state index contributed by atoms with van der Waals surface area (Å²) in [4.78, 5) is 0. The molecule has 0 aliphatic carbocycles. The maximum Gasteiger partial charge on any atom is 0.0985 e. The van der Waals surface area contributed by atoms with Crippen LogP contribution in [0.25, 0.3) is 0 Å². The van der Waals surface area contributed by atoms with Gasteiger partial charge < -0.3 is 9.47 Å². The fraction of sp³-hybridized carbons (Fsp3) is 0.846. The second-order valence-corrected chi connectivity index (χ2v) is 10.4. The van der Waals surface area contributed by atoms with Crippen molar-refractivity contribution >= 4 is 19.0 Å². The van der Waals surface area contributed by atoms with Crippen LogP contribution in [-0.2, 0) is 9.47 Å². The Hall–Kier alpha value is 0.0938. The molecular weight excluding hydrogens is 244 g/mol. The first kappa shape index (κ1) is 13.5. The fourth-order valence-electron chi connectivity index (χ4n) is 3.53. The lowest BCUT2D eigenvalue weighted by Crippen LogP contribution is -2.67. The summed E-state index contributed by atoms with van der Waals surface area (Å²) in [5, 5.41) is 0.130. The van der Waals surface area contributed by atoms with Gasteiger partial charge in [-0.1, -0.05) is 6.55 Å². The number of hydrogen-bond donors (Lipinski definition) is 0. The van der Waals surface area contributed by atoms with E-state index in [1.165, 1.54) is 38.5 Å². The van der Waals surface area contributed by atoms with Crippen LogP contribution >= 0.6 is 0 Å². The molecule has 0 spiro atoms. The second-order valence-electron chi connectivity index (χ2n) is 5.76. The van der Waals surface area contributed by atoms with Crippen molar-refractivity contribution in [3.63, 3.8) is 0 Å². The van der Waals surface area contributed by atoms with E-state index in [1.807, 2.05) is 0 Å². The molecular formula is C13H26O2Si2. The van der Waals surface area contributed by atoms with E-state index in [-0.39, 0.29) is 10.4 Å². The Kier molecular flexibility index (Phi) is 4.28. The van der Waals surface area contributed by atoms with Gasteiger partial charge in [0.25, 0.3) is 0 Å². The molecule has 3 unspecified atom stereocenters. The van der Waals surface area contributed by atoms with Crippen molar-refractivity contribution in [2.24, 2.45) is 0 Å². The Morgan fingerprint density at radius 3 is 2.24 bits per heavy atom. The van der Waals surface area contributed by atoms with Gasteiger partial charge in [0, 0.05) is 23.5 Å². The van der Waals surface area contributed by atoms with Gasteiger partial charge in [-0.3, -0.25) is 0 Å². The fourth-order valence-corrected chi connectivity index (χ4v) is 8.46. The van der Waals surface area contributed by atoms with Crippen molar-refractivity contribution < 1.29 is 9.47 Å². The highest BCUT2D eigenvalue weighted by Crippen LogP contribution is 2.42. The van der Waals surface area contributed by atoms with Gasteiger partial charge in [-0.2, -0.15) is 0 Å². The third kappa shape index (κ3) is 2.32. The van der Waals surface area contributed by atoms with Crippen molar-refractivity contribution in [1.82, 2.24) is 0 Å². The molecule has 3 atom stereocenters. The molecule has 2 saturated heterocycles. The first-order valence-electron chi connectivity index (χ1n) is 7.05. The quantitative estimate of drug-likeness (QED) is 0.720. The molecule has 0 N–H and O–H groups in total. The van der Waals surface area contributed by atoms with Crippen LogP contribution in [-0.4, -0.2) is 42.7 Å². The van der Waals surface area contributed by atoms with Gasteiger partial charge in [-0.05, 0) is 38.5 Å². The molecule has 98 valence electrons. The van der Waals surface area contributed by atoms with Crippen LogP contribution in [0.3, 0.4) is 0 Å². The maximum absolute atomic E-state index is 6.36. The second kappa shape index (κ2) is 5.38. The zero-order valence-electron chi connectivity index (χ0n) is 11.3. The average molecular weight is 271 g/mol. The molecule has 2 aliphatic rings. The van der Waals surface area contributed by atoms with Gasteiger partial charge in [0.2, 0.25) is 0 Å². The van der Waals surface area contributed by atoms with Crippen molar-refractivity contribution in [3.05, 3.63) is 12.3 Å². The Morgan fingerprint density at radius 1 is 1.12 bits per heavy atom. The van der Waals surface area contributed by atoms with E-state index >= 15 is 0 Å². The van der Waals surface area contributed by atoms with Crippen LogP contribution in [0.4, 0.5) is 0 Å². The van der Waals surface area contributed by atoms with Crippen LogP contribution in [0.2, 0.25) is 6.55 Å². The summed E-state index contributed by atoms with van der Waals surface area (Å²) >= 11 is 0. The Bertz CT molecular complexity index is 269. The van der Waals surface area contributed by atoms with Crippen LogP contribution in [0.5, 0.6) is 0 Å². The van der Waals surface area contributed by atoms with Gasteiger partial charge in [0.1, 0.15) is 0 Å². The van der Waals surface area contributed by atoms with E-state index in [1.54, 1.807) is 0 Å². The predicted molar refractivity (Wildman–Crippen MR) is 78.2 cm³/mol. The lowest BCUT2D eigenvalue weighted by molar-refractivity contribution is -0.160. The first-order chi connectivity index (χ1) is 8.15. The molecule has 2 heterocycles. The van der Waals surface area contributed by atoms with E-state index in [0.29, 0.717) is 0 Å². The van der Waals surface area contributed by atoms with E-state index in [4.69, 9.17) is 9.47 Å². The summed E-state index contributed by atoms with van der Waals surface area (Å²) in [6.45, 7) is 8.30. The zero-order valence-corrected chi connectivity index (χ0v) is 14.5. The molecule has 17 heavy (non-hydrogen) atoms. The van der Waals surface area contributed by atoms with Crippen molar-refractivity contribution in [2.45, 2.75) is 55.5 Å². The highest BCUT2D eigenvalue weighted by Gasteiger charge is 2.54. The Balaban J connectivity index is 2.27. The Morgan fingerprint density at radius 2 is 1.76 bits per heavy atom. The normalized spacial score (nSPS) is 41.0. The summed E-state index contributed by atoms with van der Waals surface area (Å²) in [6, 6.07) is 0. The summed E-state index contributed by atoms with van der Waals surface area (Å²) in [7, 11) is -0.000432. The highest BCUT2D eigenvalue weighted by molar-refractivity contribution is 6.67. The topological polar surface area (TPSA) is 18.5 Å². The summed E-state index contributed by atoms with van der Waals surface area (Å²) in [5.74, 6) is 0. The molecule has 0 amide bonds. The molecule has 0 aromatic carbocycles. The van der Waals surface area contributed by atoms with E-state index in [9.17, 15) is 0 Å². The minimum atomic E-state index is -1.09. The average Bonchev–Trinajstić information content (AvgIpc) is 2.39. The standard InChI is InChI=1S/C13H26O2Si2/c1-3-17(2)13(9-5-7-11-15-13)12(16)8-4-6-10-14-12/h3,17H,1,4-11H2,2,16H3. The molecule has 0 aromatic rings. The summed E-state index contributed by atoms with van der Waals surface area (Å²) in [5.41, 5.74) is 2.20. The molecule has 0 aromatic heterocycles. The third-order valence-electron chi connectivity index (χ3n) is 4.76. The highest BCUT2D eigenvalue weighted by atomic mass is 28.3. The molecule has 2 fully saturated rings. The summed E-state index contributed by atoms with van der Waals surface area (Å²) < 4.78 is 12.6. The molecule has 0 radical (unpaired) electrons. The minimum absolute atomic E-state index is 0.0552. The largest absolute Gasteiger partial charge is 0.377 e. The van der Waals surface area contributed by atoms with Gasteiger partial charge >= 0.3 is 0 Å². The maximum atomic E-state index is 6.36. The predicted octanol–water partition coefficient (Wildman–Crippen LogP) is 1.31. The van der Waals surface area contributed by atoms with Crippen LogP contribution < -0.4 is 0 Å². The van der Waals surface area contributed by atoms with Crippen LogP contribution in [0.1, 0.15) is 38.5 Å². The van der Waals surface area contributed by atoms with Gasteiger partial charge in [-0.15, -0.1) is 12.3 Å². The SMILES string of the molecule is C=C[SiH](C)C1(C2([SiH3])CCCCO2)CCCCO1. The smallest absolute Gasteiger partial charge is 0.0985 e. The number of rotatable bonds is 3. The third-order valence-corrected chi connectivity index (χ3v) is 10.2. The number of hydrogen-bond acceptors (Lipinski definition) is 2. The first-order valence-corrected chi connectivity index (χ1v) is 10.4. The molecule has 0 saturated carbocycles. The van der Waals surface area contributed by atoms with E-state index in [0.717, 1.165) is 23.5 Å². The van der Waals surface area contributed by atoms with Crippen molar-refractivity contribution in [2.75, 3.05) is 13.2 Å². The molecule has 2 rings (SSSR count). The van der Waals surface area contributed by atoms with E-state index in [2.05, 4.69) is 18.8 Å². The van der Waals surface area contributed by atoms with Crippen molar-refractivity contribution in [3.8, 4) is 0 Å². The minimum Gasteiger partial charge on any atom is -0.377 e. The molecule has 2 nitrogen and oxygen atoms in total. The van der Waals surface area contributed by atoms with Gasteiger partial charge in [0.05, 0.1) is 19.2 Å². The molecule has 0 bridgehead atoms. The Labute approximate surface area is 110 Å². The van der Waals surface area contributed by atoms with Crippen LogP contribution in [0, 0.1) is 0 Å². The van der Waals surface area contributed by atoms with Crippen LogP contribution in [0.15, 0.2) is 12.3 Å². The van der Waals surface area contributed by atoms with Crippen molar-refractivity contribution in [1.29, 1.82) is 0 Å². The lowest BCUT2D eigenvalue weighted by atomic mass is 9.96. The van der Waals surface area contributed by atoms with Gasteiger partial charge in [0.15, 0.2) is 0 Å². The lowest BCUT2D eigenvalue weighted by Gasteiger charge is -2.54. The monoisotopic (exact) mass is 270 g/mol. The zero-order chi connectivity index (χ0) is 12.4. The molecule has 4 heteroatoms. The number of ether oxygens (including phenoxy) is 2. The summed E-state index contributed by atoms with van der Waals surface area (Å²) in [6.07, 6.45) is 7.48. The van der Waals surface area contributed by atoms with Gasteiger partial charge in [-0.25, -0.2) is 0 Å².